The van der Waals surface area contributed by atoms with E-state index < -0.39 is 12.5 Å². The molecule has 8 heteroatoms. The maximum absolute atomic E-state index is 12.0. The average Bonchev–Trinajstić information content (AvgIpc) is 2.52. The Morgan fingerprint density at radius 3 is 2.67 bits per heavy atom. The summed E-state index contributed by atoms with van der Waals surface area (Å²) in [5, 5.41) is 6.73. The molecule has 0 aliphatic heterocycles. The van der Waals surface area contributed by atoms with Gasteiger partial charge in [0.05, 0.1) is 6.21 Å². The summed E-state index contributed by atoms with van der Waals surface area (Å²) in [7, 11) is 0. The summed E-state index contributed by atoms with van der Waals surface area (Å²) in [5.41, 5.74) is 1.15. The number of anilines is 1. The number of alkyl halides is 2. The van der Waals surface area contributed by atoms with Crippen LogP contribution in [0.15, 0.2) is 53.7 Å². The van der Waals surface area contributed by atoms with E-state index in [0.29, 0.717) is 16.3 Å². The lowest BCUT2D eigenvalue weighted by molar-refractivity contribution is -0.120. The first-order chi connectivity index (χ1) is 11.5. The maximum atomic E-state index is 12.0. The van der Waals surface area contributed by atoms with Gasteiger partial charge in [-0.2, -0.15) is 8.78 Å². The van der Waals surface area contributed by atoms with Crippen molar-refractivity contribution in [3.8, 4) is 5.75 Å². The average molecular weight is 355 g/mol. The first-order valence-electron chi connectivity index (χ1n) is 6.78. The van der Waals surface area contributed by atoms with Crippen LogP contribution in [0.1, 0.15) is 5.56 Å². The second-order valence-electron chi connectivity index (χ2n) is 4.51. The zero-order valence-corrected chi connectivity index (χ0v) is 13.0. The molecular weight excluding hydrogens is 342 g/mol. The van der Waals surface area contributed by atoms with E-state index in [1.165, 1.54) is 30.5 Å². The van der Waals surface area contributed by atoms with Gasteiger partial charge in [0.2, 0.25) is 0 Å². The molecule has 2 aromatic rings. The van der Waals surface area contributed by atoms with E-state index in [1.807, 2.05) is 0 Å². The highest BCUT2D eigenvalue weighted by Gasteiger charge is 2.04. The fourth-order valence-electron chi connectivity index (χ4n) is 1.69. The molecule has 0 aliphatic carbocycles. The summed E-state index contributed by atoms with van der Waals surface area (Å²) in [5.74, 6) is -0.348. The van der Waals surface area contributed by atoms with Crippen LogP contribution in [0.3, 0.4) is 0 Å². The van der Waals surface area contributed by atoms with Gasteiger partial charge in [-0.25, -0.2) is 0 Å². The number of hydrogen-bond acceptors (Lipinski definition) is 4. The van der Waals surface area contributed by atoms with E-state index in [4.69, 9.17) is 16.4 Å². The fourth-order valence-corrected chi connectivity index (χ4v) is 1.88. The van der Waals surface area contributed by atoms with Gasteiger partial charge in [0, 0.05) is 10.7 Å². The topological polar surface area (TPSA) is 59.9 Å². The molecule has 0 aliphatic rings. The van der Waals surface area contributed by atoms with E-state index in [9.17, 15) is 13.6 Å². The van der Waals surface area contributed by atoms with Crippen molar-refractivity contribution < 1.29 is 23.1 Å². The normalized spacial score (nSPS) is 10.8. The second kappa shape index (κ2) is 8.83. The third kappa shape index (κ3) is 6.21. The summed E-state index contributed by atoms with van der Waals surface area (Å²) in [4.78, 5) is 16.5. The predicted octanol–water partition coefficient (Wildman–Crippen LogP) is 3.93. The van der Waals surface area contributed by atoms with Gasteiger partial charge < -0.3 is 14.9 Å². The molecule has 0 atom stereocenters. The first-order valence-corrected chi connectivity index (χ1v) is 7.16. The predicted molar refractivity (Wildman–Crippen MR) is 86.7 cm³/mol. The molecule has 0 unspecified atom stereocenters. The third-order valence-corrected chi connectivity index (χ3v) is 2.92. The fraction of sp³-hybridized carbons (Fsp3) is 0.125. The highest BCUT2D eigenvalue weighted by molar-refractivity contribution is 6.30. The number of amides is 1. The molecule has 0 heterocycles. The molecule has 5 nitrogen and oxygen atoms in total. The molecule has 0 saturated heterocycles. The highest BCUT2D eigenvalue weighted by Crippen LogP contribution is 2.15. The molecule has 2 aromatic carbocycles. The van der Waals surface area contributed by atoms with Crippen LogP contribution < -0.4 is 10.1 Å². The molecule has 0 spiro atoms. The Kier molecular flexibility index (Phi) is 6.51. The van der Waals surface area contributed by atoms with Crippen molar-refractivity contribution in [2.24, 2.45) is 5.16 Å². The van der Waals surface area contributed by atoms with Crippen LogP contribution in [0.5, 0.6) is 5.75 Å². The van der Waals surface area contributed by atoms with Crippen molar-refractivity contribution in [1.82, 2.24) is 0 Å². The van der Waals surface area contributed by atoms with Crippen LogP contribution >= 0.6 is 11.6 Å². The van der Waals surface area contributed by atoms with E-state index in [0.717, 1.165) is 0 Å². The van der Waals surface area contributed by atoms with Crippen molar-refractivity contribution in [3.63, 3.8) is 0 Å². The SMILES string of the molecule is O=C(CO/N=C\c1ccc(OC(F)F)cc1)Nc1cccc(Cl)c1. The number of rotatable bonds is 7. The van der Waals surface area contributed by atoms with Gasteiger partial charge in [-0.15, -0.1) is 0 Å². The van der Waals surface area contributed by atoms with Crippen LogP contribution in [-0.4, -0.2) is 25.3 Å². The Labute approximate surface area is 141 Å². The Morgan fingerprint density at radius 1 is 1.25 bits per heavy atom. The molecule has 126 valence electrons. The zero-order chi connectivity index (χ0) is 17.4. The van der Waals surface area contributed by atoms with Crippen LogP contribution in [0.2, 0.25) is 5.02 Å². The molecule has 24 heavy (non-hydrogen) atoms. The lowest BCUT2D eigenvalue weighted by Gasteiger charge is -2.04. The Bertz CT molecular complexity index is 709. The number of hydrogen-bond donors (Lipinski definition) is 1. The van der Waals surface area contributed by atoms with E-state index in [1.54, 1.807) is 24.3 Å². The summed E-state index contributed by atoms with van der Waals surface area (Å²) in [6.07, 6.45) is 1.35. The van der Waals surface area contributed by atoms with Gasteiger partial charge >= 0.3 is 6.61 Å². The summed E-state index contributed by atoms with van der Waals surface area (Å²) >= 11 is 5.81. The molecule has 2 rings (SSSR count). The molecule has 0 fully saturated rings. The number of ether oxygens (including phenoxy) is 1. The number of nitrogens with zero attached hydrogens (tertiary/aromatic N) is 1. The van der Waals surface area contributed by atoms with Crippen LogP contribution in [-0.2, 0) is 9.63 Å². The van der Waals surface area contributed by atoms with Gasteiger partial charge in [0.15, 0.2) is 6.61 Å². The van der Waals surface area contributed by atoms with Crippen LogP contribution in [0, 0.1) is 0 Å². The Morgan fingerprint density at radius 2 is 2.00 bits per heavy atom. The van der Waals surface area contributed by atoms with Gasteiger partial charge in [-0.1, -0.05) is 22.8 Å². The second-order valence-corrected chi connectivity index (χ2v) is 4.95. The minimum Gasteiger partial charge on any atom is -0.435 e. The standard InChI is InChI=1S/C16H13ClF2N2O3/c17-12-2-1-3-13(8-12)21-15(22)10-23-20-9-11-4-6-14(7-5-11)24-16(18)19/h1-9,16H,10H2,(H,21,22)/b20-9-. The number of carbonyl (C=O) groups is 1. The monoisotopic (exact) mass is 354 g/mol. The van der Waals surface area contributed by atoms with Crippen LogP contribution in [0.4, 0.5) is 14.5 Å². The Hall–Kier alpha value is -2.67. The number of benzene rings is 2. The summed E-state index contributed by atoms with van der Waals surface area (Å²) in [6, 6.07) is 12.5. The number of carbonyl (C=O) groups excluding carboxylic acids is 1. The largest absolute Gasteiger partial charge is 0.435 e. The van der Waals surface area contributed by atoms with Crippen molar-refractivity contribution in [1.29, 1.82) is 0 Å². The zero-order valence-electron chi connectivity index (χ0n) is 12.3. The number of oxime groups is 1. The number of halogens is 3. The molecule has 1 N–H and O–H groups in total. The molecular formula is C16H13ClF2N2O3. The van der Waals surface area contributed by atoms with E-state index >= 15 is 0 Å². The van der Waals surface area contributed by atoms with E-state index in [-0.39, 0.29) is 12.4 Å². The first kappa shape index (κ1) is 17.7. The van der Waals surface area contributed by atoms with Gasteiger partial charge in [0.25, 0.3) is 5.91 Å². The maximum Gasteiger partial charge on any atom is 0.387 e. The molecule has 0 aromatic heterocycles. The van der Waals surface area contributed by atoms with Crippen LogP contribution in [0.25, 0.3) is 0 Å². The van der Waals surface area contributed by atoms with Crippen molar-refractivity contribution in [2.75, 3.05) is 11.9 Å². The third-order valence-electron chi connectivity index (χ3n) is 2.69. The molecule has 0 radical (unpaired) electrons. The quantitative estimate of drug-likeness (QED) is 0.605. The summed E-state index contributed by atoms with van der Waals surface area (Å²) in [6.45, 7) is -3.15. The van der Waals surface area contributed by atoms with Crippen molar-refractivity contribution in [2.45, 2.75) is 6.61 Å². The van der Waals surface area contributed by atoms with Crippen molar-refractivity contribution in [3.05, 3.63) is 59.1 Å². The van der Waals surface area contributed by atoms with Crippen molar-refractivity contribution >= 4 is 29.4 Å². The lowest BCUT2D eigenvalue weighted by atomic mass is 10.2. The summed E-state index contributed by atoms with van der Waals surface area (Å²) < 4.78 is 28.2. The highest BCUT2D eigenvalue weighted by atomic mass is 35.5. The minimum atomic E-state index is -2.87. The van der Waals surface area contributed by atoms with Gasteiger partial charge in [-0.05, 0) is 48.0 Å². The Balaban J connectivity index is 1.76. The number of nitrogens with one attached hydrogen (secondary N) is 1. The molecule has 0 saturated carbocycles. The molecule has 1 amide bonds. The molecule has 0 bridgehead atoms. The smallest absolute Gasteiger partial charge is 0.387 e. The van der Waals surface area contributed by atoms with E-state index in [2.05, 4.69) is 15.2 Å². The van der Waals surface area contributed by atoms with Gasteiger partial charge in [-0.3, -0.25) is 4.79 Å². The minimum absolute atomic E-state index is 0.0453. The van der Waals surface area contributed by atoms with Gasteiger partial charge in [0.1, 0.15) is 5.75 Å². The lowest BCUT2D eigenvalue weighted by Crippen LogP contribution is -2.16.